The van der Waals surface area contributed by atoms with Gasteiger partial charge in [-0.25, -0.2) is 5.01 Å². The maximum Gasteiger partial charge on any atom is 0.269 e. The summed E-state index contributed by atoms with van der Waals surface area (Å²) in [4.78, 5) is 10.9. The molecule has 0 saturated carbocycles. The van der Waals surface area contributed by atoms with Crippen LogP contribution in [0.25, 0.3) is 0 Å². The molecule has 2 heterocycles. The molecule has 2 atom stereocenters. The first-order valence-electron chi connectivity index (χ1n) is 10.2. The summed E-state index contributed by atoms with van der Waals surface area (Å²) in [6.07, 6.45) is 0.180. The summed E-state index contributed by atoms with van der Waals surface area (Å²) in [5.74, 6) is 1.61. The van der Waals surface area contributed by atoms with E-state index in [2.05, 4.69) is 0 Å². The molecule has 0 radical (unpaired) electrons. The highest BCUT2D eigenvalue weighted by Gasteiger charge is 2.41. The summed E-state index contributed by atoms with van der Waals surface area (Å²) in [5.41, 5.74) is 3.77. The number of ether oxygens (including phenoxy) is 2. The van der Waals surface area contributed by atoms with Crippen molar-refractivity contribution in [1.82, 2.24) is 5.01 Å². The van der Waals surface area contributed by atoms with Crippen LogP contribution < -0.4 is 9.47 Å². The molecule has 156 valence electrons. The summed E-state index contributed by atoms with van der Waals surface area (Å²) in [6.45, 7) is 2.58. The molecule has 0 fully saturated rings. The zero-order valence-electron chi connectivity index (χ0n) is 17.0. The zero-order chi connectivity index (χ0) is 21.4. The van der Waals surface area contributed by atoms with Gasteiger partial charge in [0, 0.05) is 29.7 Å². The zero-order valence-corrected chi connectivity index (χ0v) is 17.0. The number of fused-ring (bicyclic) bond motifs is 3. The van der Waals surface area contributed by atoms with Gasteiger partial charge in [-0.15, -0.1) is 0 Å². The second kappa shape index (κ2) is 7.75. The molecule has 7 heteroatoms. The van der Waals surface area contributed by atoms with Crippen molar-refractivity contribution in [1.29, 1.82) is 0 Å². The fourth-order valence-corrected chi connectivity index (χ4v) is 4.13. The smallest absolute Gasteiger partial charge is 0.269 e. The number of hydrogen-bond acceptors (Lipinski definition) is 6. The van der Waals surface area contributed by atoms with Gasteiger partial charge in [-0.05, 0) is 42.8 Å². The van der Waals surface area contributed by atoms with E-state index in [9.17, 15) is 10.1 Å². The Kier molecular flexibility index (Phi) is 4.78. The van der Waals surface area contributed by atoms with Crippen LogP contribution in [0, 0.1) is 10.1 Å². The maximum atomic E-state index is 11.3. The van der Waals surface area contributed by atoms with Crippen molar-refractivity contribution in [3.8, 4) is 11.5 Å². The molecule has 0 bridgehead atoms. The van der Waals surface area contributed by atoms with E-state index in [1.165, 1.54) is 6.07 Å². The number of nitro benzene ring substituents is 1. The Labute approximate surface area is 179 Å². The van der Waals surface area contributed by atoms with E-state index in [0.717, 1.165) is 34.8 Å². The summed E-state index contributed by atoms with van der Waals surface area (Å²) < 4.78 is 11.8. The molecular weight excluding hydrogens is 394 g/mol. The minimum Gasteiger partial charge on any atom is -0.494 e. The second-order valence-electron chi connectivity index (χ2n) is 7.46. The van der Waals surface area contributed by atoms with Crippen molar-refractivity contribution in [2.24, 2.45) is 5.10 Å². The molecule has 2 aliphatic rings. The van der Waals surface area contributed by atoms with Crippen LogP contribution in [0.15, 0.2) is 77.9 Å². The summed E-state index contributed by atoms with van der Waals surface area (Å²) in [6, 6.07) is 22.4. The normalized spacial score (nSPS) is 19.1. The first-order chi connectivity index (χ1) is 15.1. The second-order valence-corrected chi connectivity index (χ2v) is 7.46. The molecule has 0 unspecified atom stereocenters. The van der Waals surface area contributed by atoms with Gasteiger partial charge < -0.3 is 9.47 Å². The lowest BCUT2D eigenvalue weighted by atomic mass is 9.96. The molecule has 0 aliphatic carbocycles. The third-order valence-corrected chi connectivity index (χ3v) is 5.56. The SMILES string of the molecule is CCOc1ccc(C2=NN3[C@@H](C2)c2ccccc2O[C@H]3c2cccc([N+](=O)[O-])c2)cc1. The van der Waals surface area contributed by atoms with Crippen LogP contribution >= 0.6 is 0 Å². The van der Waals surface area contributed by atoms with Gasteiger partial charge in [0.15, 0.2) is 0 Å². The van der Waals surface area contributed by atoms with E-state index in [1.54, 1.807) is 12.1 Å². The number of non-ortho nitro benzene ring substituents is 1. The number of rotatable bonds is 5. The molecule has 2 aliphatic heterocycles. The average molecular weight is 415 g/mol. The Hall–Kier alpha value is -3.87. The van der Waals surface area contributed by atoms with E-state index in [-0.39, 0.29) is 11.7 Å². The lowest BCUT2D eigenvalue weighted by Crippen LogP contribution is -2.33. The van der Waals surface area contributed by atoms with E-state index >= 15 is 0 Å². The number of nitro groups is 1. The number of nitrogens with zero attached hydrogens (tertiary/aromatic N) is 3. The Morgan fingerprint density at radius 1 is 1.13 bits per heavy atom. The van der Waals surface area contributed by atoms with Crippen LogP contribution in [0.3, 0.4) is 0 Å². The van der Waals surface area contributed by atoms with Gasteiger partial charge in [-0.1, -0.05) is 30.3 Å². The first kappa shape index (κ1) is 19.1. The predicted molar refractivity (Wildman–Crippen MR) is 116 cm³/mol. The molecule has 0 amide bonds. The van der Waals surface area contributed by atoms with Crippen molar-refractivity contribution in [3.05, 3.63) is 99.6 Å². The molecule has 3 aromatic carbocycles. The lowest BCUT2D eigenvalue weighted by molar-refractivity contribution is -0.385. The molecule has 5 rings (SSSR count). The standard InChI is InChI=1S/C24H21N3O4/c1-2-30-19-12-10-16(11-13-19)21-15-22-20-8-3-4-9-23(20)31-24(26(22)25-21)17-6-5-7-18(14-17)27(28)29/h3-14,22,24H,2,15H2,1H3/t22-,24-/m0/s1. The average Bonchev–Trinajstić information content (AvgIpc) is 3.25. The van der Waals surface area contributed by atoms with E-state index in [0.29, 0.717) is 12.2 Å². The Morgan fingerprint density at radius 2 is 1.94 bits per heavy atom. The fourth-order valence-electron chi connectivity index (χ4n) is 4.13. The van der Waals surface area contributed by atoms with E-state index in [1.807, 2.05) is 66.5 Å². The van der Waals surface area contributed by atoms with Crippen LogP contribution in [-0.2, 0) is 0 Å². The lowest BCUT2D eigenvalue weighted by Gasteiger charge is -2.38. The first-order valence-corrected chi connectivity index (χ1v) is 10.2. The third kappa shape index (κ3) is 3.48. The highest BCUT2D eigenvalue weighted by Crippen LogP contribution is 2.47. The van der Waals surface area contributed by atoms with Gasteiger partial charge in [0.25, 0.3) is 5.69 Å². The number of benzene rings is 3. The van der Waals surface area contributed by atoms with Gasteiger partial charge in [0.1, 0.15) is 11.5 Å². The number of hydrogen-bond donors (Lipinski definition) is 0. The largest absolute Gasteiger partial charge is 0.494 e. The van der Waals surface area contributed by atoms with Crippen molar-refractivity contribution < 1.29 is 14.4 Å². The predicted octanol–water partition coefficient (Wildman–Crippen LogP) is 5.24. The molecular formula is C24H21N3O4. The molecule has 0 saturated heterocycles. The highest BCUT2D eigenvalue weighted by molar-refractivity contribution is 6.02. The van der Waals surface area contributed by atoms with Crippen molar-refractivity contribution >= 4 is 11.4 Å². The molecule has 3 aromatic rings. The Balaban J connectivity index is 1.54. The van der Waals surface area contributed by atoms with Gasteiger partial charge in [-0.3, -0.25) is 10.1 Å². The van der Waals surface area contributed by atoms with E-state index < -0.39 is 11.2 Å². The minimum atomic E-state index is -0.542. The topological polar surface area (TPSA) is 77.2 Å². The van der Waals surface area contributed by atoms with E-state index in [4.69, 9.17) is 14.6 Å². The van der Waals surface area contributed by atoms with Crippen molar-refractivity contribution in [3.63, 3.8) is 0 Å². The molecule has 7 nitrogen and oxygen atoms in total. The Bertz CT molecular complexity index is 1160. The molecule has 0 spiro atoms. The summed E-state index contributed by atoms with van der Waals surface area (Å²) in [5, 5.41) is 18.1. The van der Waals surface area contributed by atoms with Crippen molar-refractivity contribution in [2.45, 2.75) is 25.6 Å². The molecule has 0 aromatic heterocycles. The van der Waals surface area contributed by atoms with Crippen LogP contribution in [0.5, 0.6) is 11.5 Å². The van der Waals surface area contributed by atoms with Crippen molar-refractivity contribution in [2.75, 3.05) is 6.61 Å². The summed E-state index contributed by atoms with van der Waals surface area (Å²) >= 11 is 0. The van der Waals surface area contributed by atoms with Gasteiger partial charge >= 0.3 is 0 Å². The summed E-state index contributed by atoms with van der Waals surface area (Å²) in [7, 11) is 0. The monoisotopic (exact) mass is 415 g/mol. The maximum absolute atomic E-state index is 11.3. The van der Waals surface area contributed by atoms with Crippen LogP contribution in [0.4, 0.5) is 5.69 Å². The van der Waals surface area contributed by atoms with Crippen LogP contribution in [0.1, 0.15) is 42.3 Å². The van der Waals surface area contributed by atoms with Gasteiger partial charge in [0.2, 0.25) is 6.23 Å². The third-order valence-electron chi connectivity index (χ3n) is 5.56. The van der Waals surface area contributed by atoms with Gasteiger partial charge in [-0.2, -0.15) is 5.10 Å². The quantitative estimate of drug-likeness (QED) is 0.421. The van der Waals surface area contributed by atoms with Crippen LogP contribution in [0.2, 0.25) is 0 Å². The molecule has 0 N–H and O–H groups in total. The Morgan fingerprint density at radius 3 is 2.71 bits per heavy atom. The molecule has 31 heavy (non-hydrogen) atoms. The van der Waals surface area contributed by atoms with Crippen LogP contribution in [-0.4, -0.2) is 22.3 Å². The van der Waals surface area contributed by atoms with Gasteiger partial charge in [0.05, 0.1) is 23.3 Å². The minimum absolute atomic E-state index is 0.00391. The number of hydrazone groups is 1. The fraction of sp³-hybridized carbons (Fsp3) is 0.208. The number of para-hydroxylation sites is 1. The highest BCUT2D eigenvalue weighted by atomic mass is 16.6.